The standard InChI is InChI=1S/C19H20N4O4S/c1-19(12-5-4-6-15(11-12)27-3)16(24)23(18(25)21-19)22-17(28)20-13-7-9-14(26-2)10-8-13/h4-11H,1-3H3,(H,21,25)(H2,20,22,28)/t19-/m0/s1. The van der Waals surface area contributed by atoms with E-state index in [-0.39, 0.29) is 5.11 Å². The normalized spacial score (nSPS) is 18.5. The van der Waals surface area contributed by atoms with Gasteiger partial charge in [0.15, 0.2) is 5.11 Å². The van der Waals surface area contributed by atoms with Gasteiger partial charge < -0.3 is 20.1 Å². The summed E-state index contributed by atoms with van der Waals surface area (Å²) in [6.45, 7) is 1.63. The van der Waals surface area contributed by atoms with E-state index in [2.05, 4.69) is 16.1 Å². The lowest BCUT2D eigenvalue weighted by Crippen LogP contribution is -2.49. The van der Waals surface area contributed by atoms with Crippen LogP contribution in [-0.2, 0) is 10.3 Å². The molecule has 3 amide bonds. The van der Waals surface area contributed by atoms with Gasteiger partial charge in [-0.1, -0.05) is 12.1 Å². The van der Waals surface area contributed by atoms with Gasteiger partial charge in [0.1, 0.15) is 17.0 Å². The van der Waals surface area contributed by atoms with Crippen molar-refractivity contribution < 1.29 is 19.1 Å². The molecule has 3 rings (SSSR count). The van der Waals surface area contributed by atoms with Gasteiger partial charge in [-0.05, 0) is 61.1 Å². The van der Waals surface area contributed by atoms with Crippen molar-refractivity contribution in [1.29, 1.82) is 0 Å². The average molecular weight is 400 g/mol. The lowest BCUT2D eigenvalue weighted by molar-refractivity contribution is -0.132. The van der Waals surface area contributed by atoms with Crippen molar-refractivity contribution in [3.05, 3.63) is 54.1 Å². The third-order valence-electron chi connectivity index (χ3n) is 4.40. The summed E-state index contributed by atoms with van der Waals surface area (Å²) < 4.78 is 10.3. The zero-order valence-corrected chi connectivity index (χ0v) is 16.4. The van der Waals surface area contributed by atoms with Crippen LogP contribution in [0.5, 0.6) is 11.5 Å². The number of carbonyl (C=O) groups is 2. The predicted molar refractivity (Wildman–Crippen MR) is 108 cm³/mol. The third-order valence-corrected chi connectivity index (χ3v) is 4.59. The largest absolute Gasteiger partial charge is 0.497 e. The van der Waals surface area contributed by atoms with Gasteiger partial charge in [0.25, 0.3) is 5.91 Å². The number of hydrazine groups is 1. The molecule has 0 bridgehead atoms. The smallest absolute Gasteiger partial charge is 0.344 e. The number of urea groups is 1. The molecule has 2 aromatic rings. The first-order chi connectivity index (χ1) is 13.4. The summed E-state index contributed by atoms with van der Waals surface area (Å²) in [6.07, 6.45) is 0. The Morgan fingerprint density at radius 2 is 1.75 bits per heavy atom. The van der Waals surface area contributed by atoms with Crippen LogP contribution in [0.1, 0.15) is 12.5 Å². The van der Waals surface area contributed by atoms with Crippen LogP contribution in [0.25, 0.3) is 0 Å². The van der Waals surface area contributed by atoms with Gasteiger partial charge in [-0.15, -0.1) is 0 Å². The van der Waals surface area contributed by atoms with Crippen LogP contribution >= 0.6 is 12.2 Å². The zero-order valence-electron chi connectivity index (χ0n) is 15.6. The molecule has 0 saturated carbocycles. The summed E-state index contributed by atoms with van der Waals surface area (Å²) in [5, 5.41) is 6.57. The Kier molecular flexibility index (Phi) is 5.36. The Labute approximate surface area is 167 Å². The number of amides is 3. The van der Waals surface area contributed by atoms with E-state index in [0.717, 1.165) is 5.01 Å². The minimum Gasteiger partial charge on any atom is -0.497 e. The molecule has 0 spiro atoms. The summed E-state index contributed by atoms with van der Waals surface area (Å²) in [7, 11) is 3.11. The molecule has 1 atom stereocenters. The van der Waals surface area contributed by atoms with E-state index in [1.807, 2.05) is 0 Å². The average Bonchev–Trinajstić information content (AvgIpc) is 2.92. The van der Waals surface area contributed by atoms with E-state index in [0.29, 0.717) is 22.7 Å². The molecule has 3 N–H and O–H groups in total. The number of hydrogen-bond donors (Lipinski definition) is 3. The summed E-state index contributed by atoms with van der Waals surface area (Å²) in [4.78, 5) is 25.3. The van der Waals surface area contributed by atoms with Gasteiger partial charge >= 0.3 is 6.03 Å². The summed E-state index contributed by atoms with van der Waals surface area (Å²) >= 11 is 5.22. The number of rotatable bonds is 5. The van der Waals surface area contributed by atoms with Crippen LogP contribution in [0.3, 0.4) is 0 Å². The number of anilines is 1. The summed E-state index contributed by atoms with van der Waals surface area (Å²) in [5.74, 6) is 0.807. The number of methoxy groups -OCH3 is 2. The van der Waals surface area contributed by atoms with Gasteiger partial charge in [-0.3, -0.25) is 10.2 Å². The predicted octanol–water partition coefficient (Wildman–Crippen LogP) is 2.37. The second kappa shape index (κ2) is 7.73. The minimum absolute atomic E-state index is 0.101. The van der Waals surface area contributed by atoms with E-state index in [1.165, 1.54) is 7.11 Å². The Bertz CT molecular complexity index is 918. The minimum atomic E-state index is -1.24. The first-order valence-electron chi connectivity index (χ1n) is 8.40. The Morgan fingerprint density at radius 3 is 2.39 bits per heavy atom. The second-order valence-corrected chi connectivity index (χ2v) is 6.63. The lowest BCUT2D eigenvalue weighted by atomic mass is 9.92. The lowest BCUT2D eigenvalue weighted by Gasteiger charge is -2.23. The van der Waals surface area contributed by atoms with Crippen molar-refractivity contribution in [3.63, 3.8) is 0 Å². The number of nitrogens with one attached hydrogen (secondary N) is 3. The number of ether oxygens (including phenoxy) is 2. The van der Waals surface area contributed by atoms with Crippen LogP contribution in [0.2, 0.25) is 0 Å². The van der Waals surface area contributed by atoms with Crippen molar-refractivity contribution in [3.8, 4) is 11.5 Å². The summed E-state index contributed by atoms with van der Waals surface area (Å²) in [5.41, 5.74) is 2.68. The topological polar surface area (TPSA) is 91.9 Å². The van der Waals surface area contributed by atoms with E-state index >= 15 is 0 Å². The van der Waals surface area contributed by atoms with Gasteiger partial charge in [0.05, 0.1) is 14.2 Å². The molecule has 1 aliphatic rings. The number of carbonyl (C=O) groups excluding carboxylic acids is 2. The fourth-order valence-electron chi connectivity index (χ4n) is 2.81. The summed E-state index contributed by atoms with van der Waals surface area (Å²) in [6, 6.07) is 13.4. The molecule has 0 aromatic heterocycles. The molecule has 9 heteroatoms. The van der Waals surface area contributed by atoms with Gasteiger partial charge in [0.2, 0.25) is 0 Å². The maximum atomic E-state index is 12.9. The van der Waals surface area contributed by atoms with Crippen LogP contribution in [0.15, 0.2) is 48.5 Å². The highest BCUT2D eigenvalue weighted by molar-refractivity contribution is 7.80. The van der Waals surface area contributed by atoms with Crippen molar-refractivity contribution in [2.45, 2.75) is 12.5 Å². The van der Waals surface area contributed by atoms with Gasteiger partial charge in [-0.2, -0.15) is 5.01 Å². The molecular weight excluding hydrogens is 380 g/mol. The molecule has 146 valence electrons. The van der Waals surface area contributed by atoms with Crippen LogP contribution in [0.4, 0.5) is 10.5 Å². The fraction of sp³-hybridized carbons (Fsp3) is 0.211. The molecular formula is C19H20N4O4S. The maximum absolute atomic E-state index is 12.9. The quantitative estimate of drug-likeness (QED) is 0.524. The number of benzene rings is 2. The number of hydrogen-bond acceptors (Lipinski definition) is 5. The zero-order chi connectivity index (χ0) is 20.3. The van der Waals surface area contributed by atoms with E-state index in [1.54, 1.807) is 62.6 Å². The molecule has 8 nitrogen and oxygen atoms in total. The molecule has 2 aromatic carbocycles. The van der Waals surface area contributed by atoms with Gasteiger partial charge in [-0.25, -0.2) is 4.79 Å². The van der Waals surface area contributed by atoms with Crippen molar-refractivity contribution in [2.75, 3.05) is 19.5 Å². The first-order valence-corrected chi connectivity index (χ1v) is 8.81. The van der Waals surface area contributed by atoms with Gasteiger partial charge in [0, 0.05) is 5.69 Å². The molecule has 28 heavy (non-hydrogen) atoms. The van der Waals surface area contributed by atoms with Crippen molar-refractivity contribution in [1.82, 2.24) is 15.8 Å². The molecule has 1 heterocycles. The van der Waals surface area contributed by atoms with E-state index < -0.39 is 17.5 Å². The highest BCUT2D eigenvalue weighted by Crippen LogP contribution is 2.30. The number of nitrogens with zero attached hydrogens (tertiary/aromatic N) is 1. The van der Waals surface area contributed by atoms with Crippen LogP contribution in [-0.4, -0.2) is 36.3 Å². The highest BCUT2D eigenvalue weighted by atomic mass is 32.1. The molecule has 1 saturated heterocycles. The molecule has 0 aliphatic carbocycles. The number of imide groups is 1. The number of thiocarbonyl (C=S) groups is 1. The van der Waals surface area contributed by atoms with E-state index in [9.17, 15) is 9.59 Å². The Morgan fingerprint density at radius 1 is 1.07 bits per heavy atom. The Hall–Kier alpha value is -3.33. The van der Waals surface area contributed by atoms with Crippen LogP contribution < -0.4 is 25.5 Å². The monoisotopic (exact) mass is 400 g/mol. The van der Waals surface area contributed by atoms with E-state index in [4.69, 9.17) is 21.7 Å². The molecule has 1 fully saturated rings. The molecule has 0 radical (unpaired) electrons. The van der Waals surface area contributed by atoms with Crippen molar-refractivity contribution >= 4 is 35.0 Å². The maximum Gasteiger partial charge on any atom is 0.344 e. The molecule has 0 unspecified atom stereocenters. The van der Waals surface area contributed by atoms with Crippen molar-refractivity contribution in [2.24, 2.45) is 0 Å². The van der Waals surface area contributed by atoms with Crippen LogP contribution in [0, 0.1) is 0 Å². The SMILES string of the molecule is COc1ccc(NC(=S)NN2C(=O)N[C@@](C)(c3cccc(OC)c3)C2=O)cc1. The first kappa shape index (κ1) is 19.4. The Balaban J connectivity index is 1.73. The fourth-order valence-corrected chi connectivity index (χ4v) is 3.01. The highest BCUT2D eigenvalue weighted by Gasteiger charge is 2.50. The third kappa shape index (κ3) is 3.70. The second-order valence-electron chi connectivity index (χ2n) is 6.22. The molecule has 1 aliphatic heterocycles.